The fraction of sp³-hybridized carbons (Fsp3) is 0.700. The summed E-state index contributed by atoms with van der Waals surface area (Å²) in [6, 6.07) is -0.142. The molecule has 0 saturated carbocycles. The molecule has 2 unspecified atom stereocenters. The second-order valence-electron chi connectivity index (χ2n) is 3.43. The Hall–Kier alpha value is -0.390. The third-order valence-electron chi connectivity index (χ3n) is 2.44. The maximum atomic E-state index is 6.17. The first-order valence-electron chi connectivity index (χ1n) is 5.16. The topological polar surface area (TPSA) is 53.1 Å². The number of ether oxygens (including phenoxy) is 1. The molecule has 2 N–H and O–H groups in total. The van der Waals surface area contributed by atoms with E-state index in [0.717, 1.165) is 16.6 Å². The zero-order valence-corrected chi connectivity index (χ0v) is 11.0. The highest BCUT2D eigenvalue weighted by atomic mass is 79.9. The van der Waals surface area contributed by atoms with Gasteiger partial charge in [-0.25, -0.2) is 0 Å². The van der Waals surface area contributed by atoms with Crippen molar-refractivity contribution in [2.24, 2.45) is 12.8 Å². The molecular weight excluding hydrogens is 258 g/mol. The minimum absolute atomic E-state index is 0.0432. The van der Waals surface area contributed by atoms with Crippen molar-refractivity contribution in [3.63, 3.8) is 0 Å². The van der Waals surface area contributed by atoms with Crippen molar-refractivity contribution < 1.29 is 4.74 Å². The van der Waals surface area contributed by atoms with Crippen LogP contribution in [0, 0.1) is 0 Å². The highest BCUT2D eigenvalue weighted by molar-refractivity contribution is 9.10. The Morgan fingerprint density at radius 3 is 2.67 bits per heavy atom. The molecular formula is C10H18BrN3O. The van der Waals surface area contributed by atoms with Gasteiger partial charge in [0.2, 0.25) is 0 Å². The summed E-state index contributed by atoms with van der Waals surface area (Å²) in [5.74, 6) is 0. The van der Waals surface area contributed by atoms with Crippen LogP contribution in [0.1, 0.15) is 32.0 Å². The summed E-state index contributed by atoms with van der Waals surface area (Å²) in [7, 11) is 1.89. The van der Waals surface area contributed by atoms with E-state index in [9.17, 15) is 0 Å². The van der Waals surface area contributed by atoms with E-state index in [2.05, 4.69) is 28.0 Å². The first kappa shape index (κ1) is 12.7. The Morgan fingerprint density at radius 2 is 2.27 bits per heavy atom. The van der Waals surface area contributed by atoms with Gasteiger partial charge in [0.25, 0.3) is 0 Å². The van der Waals surface area contributed by atoms with Crippen molar-refractivity contribution in [3.05, 3.63) is 16.4 Å². The van der Waals surface area contributed by atoms with Crippen LogP contribution in [0.4, 0.5) is 0 Å². The Kier molecular flexibility index (Phi) is 4.76. The van der Waals surface area contributed by atoms with Gasteiger partial charge in [-0.15, -0.1) is 0 Å². The van der Waals surface area contributed by atoms with Gasteiger partial charge < -0.3 is 10.5 Å². The van der Waals surface area contributed by atoms with Crippen molar-refractivity contribution in [3.8, 4) is 0 Å². The molecule has 1 aromatic rings. The molecule has 1 rings (SSSR count). The van der Waals surface area contributed by atoms with Crippen molar-refractivity contribution in [1.29, 1.82) is 0 Å². The number of hydrogen-bond donors (Lipinski definition) is 1. The smallest absolute Gasteiger partial charge is 0.0780 e. The summed E-state index contributed by atoms with van der Waals surface area (Å²) in [4.78, 5) is 0. The summed E-state index contributed by atoms with van der Waals surface area (Å²) < 4.78 is 8.33. The number of halogens is 1. The molecule has 4 nitrogen and oxygen atoms in total. The number of aromatic nitrogens is 2. The summed E-state index contributed by atoms with van der Waals surface area (Å²) in [6.07, 6.45) is 2.70. The summed E-state index contributed by atoms with van der Waals surface area (Å²) in [5.41, 5.74) is 7.15. The minimum Gasteiger partial charge on any atom is -0.376 e. The monoisotopic (exact) mass is 275 g/mol. The van der Waals surface area contributed by atoms with Crippen LogP contribution in [-0.4, -0.2) is 22.5 Å². The van der Waals surface area contributed by atoms with Crippen LogP contribution < -0.4 is 5.73 Å². The lowest BCUT2D eigenvalue weighted by molar-refractivity contribution is 0.0394. The van der Waals surface area contributed by atoms with E-state index in [1.54, 1.807) is 10.9 Å². The largest absolute Gasteiger partial charge is 0.376 e. The standard InChI is InChI=1S/C10H18BrN3O/c1-4-8(15-5-2)9(12)10-7(11)6-13-14(10)3/h6,8-9H,4-5,12H2,1-3H3. The molecule has 1 heterocycles. The average molecular weight is 276 g/mol. The van der Waals surface area contributed by atoms with E-state index < -0.39 is 0 Å². The fourth-order valence-corrected chi connectivity index (χ4v) is 2.27. The molecule has 5 heteroatoms. The number of nitrogens with zero attached hydrogens (tertiary/aromatic N) is 2. The quantitative estimate of drug-likeness (QED) is 0.894. The van der Waals surface area contributed by atoms with E-state index in [1.807, 2.05) is 14.0 Å². The molecule has 0 aromatic carbocycles. The second kappa shape index (κ2) is 5.63. The SMILES string of the molecule is CCOC(CC)C(N)c1c(Br)cnn1C. The number of nitrogens with two attached hydrogens (primary N) is 1. The van der Waals surface area contributed by atoms with E-state index >= 15 is 0 Å². The zero-order valence-electron chi connectivity index (χ0n) is 9.40. The van der Waals surface area contributed by atoms with Gasteiger partial charge >= 0.3 is 0 Å². The third-order valence-corrected chi connectivity index (χ3v) is 3.05. The Bertz CT molecular complexity index is 294. The lowest BCUT2D eigenvalue weighted by atomic mass is 10.1. The third kappa shape index (κ3) is 2.80. The van der Waals surface area contributed by atoms with Crippen LogP contribution >= 0.6 is 15.9 Å². The van der Waals surface area contributed by atoms with Gasteiger partial charge in [0, 0.05) is 13.7 Å². The normalized spacial score (nSPS) is 15.3. The molecule has 0 aliphatic rings. The molecule has 0 aliphatic carbocycles. The molecule has 2 atom stereocenters. The van der Waals surface area contributed by atoms with Crippen LogP contribution in [0.3, 0.4) is 0 Å². The number of aryl methyl sites for hydroxylation is 1. The Balaban J connectivity index is 2.86. The van der Waals surface area contributed by atoms with Crippen molar-refractivity contribution in [2.45, 2.75) is 32.4 Å². The van der Waals surface area contributed by atoms with Gasteiger partial charge in [-0.3, -0.25) is 4.68 Å². The average Bonchev–Trinajstić information content (AvgIpc) is 2.54. The minimum atomic E-state index is -0.142. The molecule has 0 amide bonds. The second-order valence-corrected chi connectivity index (χ2v) is 4.28. The van der Waals surface area contributed by atoms with E-state index in [1.165, 1.54) is 0 Å². The molecule has 0 aliphatic heterocycles. The van der Waals surface area contributed by atoms with Gasteiger partial charge in [0.15, 0.2) is 0 Å². The highest BCUT2D eigenvalue weighted by Crippen LogP contribution is 2.25. The van der Waals surface area contributed by atoms with E-state index in [0.29, 0.717) is 6.61 Å². The molecule has 1 aromatic heterocycles. The van der Waals surface area contributed by atoms with Crippen LogP contribution in [0.2, 0.25) is 0 Å². The summed E-state index contributed by atoms with van der Waals surface area (Å²) in [6.45, 7) is 4.74. The maximum absolute atomic E-state index is 6.17. The van der Waals surface area contributed by atoms with Crippen molar-refractivity contribution >= 4 is 15.9 Å². The van der Waals surface area contributed by atoms with Gasteiger partial charge in [-0.2, -0.15) is 5.10 Å². The number of hydrogen-bond acceptors (Lipinski definition) is 3. The zero-order chi connectivity index (χ0) is 11.4. The van der Waals surface area contributed by atoms with Gasteiger partial charge in [-0.1, -0.05) is 6.92 Å². The fourth-order valence-electron chi connectivity index (χ4n) is 1.66. The summed E-state index contributed by atoms with van der Waals surface area (Å²) in [5, 5.41) is 4.15. The van der Waals surface area contributed by atoms with Crippen LogP contribution in [0.15, 0.2) is 10.7 Å². The molecule has 0 spiro atoms. The number of rotatable bonds is 5. The molecule has 0 fully saturated rings. The van der Waals surface area contributed by atoms with Crippen molar-refractivity contribution in [2.75, 3.05) is 6.61 Å². The Labute approximate surface area is 98.9 Å². The molecule has 0 bridgehead atoms. The lowest BCUT2D eigenvalue weighted by Gasteiger charge is -2.23. The molecule has 86 valence electrons. The lowest BCUT2D eigenvalue weighted by Crippen LogP contribution is -2.30. The molecule has 15 heavy (non-hydrogen) atoms. The first-order chi connectivity index (χ1) is 7.11. The predicted octanol–water partition coefficient (Wildman–Crippen LogP) is 2.00. The van der Waals surface area contributed by atoms with Crippen molar-refractivity contribution in [1.82, 2.24) is 9.78 Å². The van der Waals surface area contributed by atoms with Gasteiger partial charge in [-0.05, 0) is 29.3 Å². The first-order valence-corrected chi connectivity index (χ1v) is 5.95. The highest BCUT2D eigenvalue weighted by Gasteiger charge is 2.23. The van der Waals surface area contributed by atoms with E-state index in [4.69, 9.17) is 10.5 Å². The van der Waals surface area contributed by atoms with E-state index in [-0.39, 0.29) is 12.1 Å². The summed E-state index contributed by atoms with van der Waals surface area (Å²) >= 11 is 3.45. The van der Waals surface area contributed by atoms with Crippen LogP contribution in [0.25, 0.3) is 0 Å². The van der Waals surface area contributed by atoms with Gasteiger partial charge in [0.1, 0.15) is 0 Å². The predicted molar refractivity (Wildman–Crippen MR) is 63.5 cm³/mol. The molecule has 0 radical (unpaired) electrons. The van der Waals surface area contributed by atoms with Crippen LogP contribution in [0.5, 0.6) is 0 Å². The van der Waals surface area contributed by atoms with Crippen LogP contribution in [-0.2, 0) is 11.8 Å². The Morgan fingerprint density at radius 1 is 1.60 bits per heavy atom. The molecule has 0 saturated heterocycles. The maximum Gasteiger partial charge on any atom is 0.0780 e. The van der Waals surface area contributed by atoms with Gasteiger partial charge in [0.05, 0.1) is 28.5 Å².